The Morgan fingerprint density at radius 3 is 2.11 bits per heavy atom. The second-order valence-corrected chi connectivity index (χ2v) is 3.21. The second-order valence-electron chi connectivity index (χ2n) is 1.68. The van der Waals surface area contributed by atoms with Crippen molar-refractivity contribution < 1.29 is 28.0 Å². The standard InChI is InChI=1S/C6H7.2FH.Os/c1-6-4-2-3-5-6;;;/h2,4H,3H2,1H3;2*1H;. The molecule has 0 bridgehead atoms. The first-order valence-corrected chi connectivity index (χ1v) is 3.58. The van der Waals surface area contributed by atoms with Gasteiger partial charge in [-0.3, -0.25) is 9.41 Å². The van der Waals surface area contributed by atoms with Crippen LogP contribution < -0.4 is 0 Å². The Morgan fingerprint density at radius 2 is 2.00 bits per heavy atom. The van der Waals surface area contributed by atoms with E-state index < -0.39 is 0 Å². The summed E-state index contributed by atoms with van der Waals surface area (Å²) in [6.45, 7) is 2.16. The normalized spacial score (nSPS) is 14.9. The van der Waals surface area contributed by atoms with Gasteiger partial charge in [0.1, 0.15) is 0 Å². The first-order valence-electron chi connectivity index (χ1n) is 2.31. The molecular weight excluding hydrogens is 300 g/mol. The van der Waals surface area contributed by atoms with E-state index in [1.807, 2.05) is 18.6 Å². The molecule has 0 N–H and O–H groups in total. The van der Waals surface area contributed by atoms with E-state index >= 15 is 0 Å². The van der Waals surface area contributed by atoms with Crippen LogP contribution in [0.4, 0.5) is 9.41 Å². The Hall–Kier alpha value is -0.0236. The van der Waals surface area contributed by atoms with Crippen molar-refractivity contribution in [1.82, 2.24) is 0 Å². The average molecular weight is 309 g/mol. The van der Waals surface area contributed by atoms with Crippen molar-refractivity contribution in [2.45, 2.75) is 13.3 Å². The molecule has 0 atom stereocenters. The van der Waals surface area contributed by atoms with Crippen molar-refractivity contribution in [3.05, 3.63) is 21.9 Å². The van der Waals surface area contributed by atoms with Gasteiger partial charge in [-0.15, -0.1) is 0 Å². The van der Waals surface area contributed by atoms with Gasteiger partial charge in [0.25, 0.3) is 0 Å². The molecule has 0 spiro atoms. The molecule has 1 aliphatic rings. The molecule has 0 radical (unpaired) electrons. The van der Waals surface area contributed by atoms with Crippen LogP contribution in [0.15, 0.2) is 21.9 Å². The van der Waals surface area contributed by atoms with Gasteiger partial charge >= 0.3 is 53.8 Å². The summed E-state index contributed by atoms with van der Waals surface area (Å²) in [5.74, 6) is 0. The third-order valence-corrected chi connectivity index (χ3v) is 2.60. The van der Waals surface area contributed by atoms with Crippen LogP contribution in [-0.4, -0.2) is 0 Å². The van der Waals surface area contributed by atoms with Crippen LogP contribution in [0.25, 0.3) is 0 Å². The smallest absolute Gasteiger partial charge is 0.269 e. The van der Waals surface area contributed by atoms with Crippen LogP contribution in [-0.2, 0) is 18.6 Å². The van der Waals surface area contributed by atoms with Gasteiger partial charge in [0, 0.05) is 0 Å². The van der Waals surface area contributed by atoms with E-state index in [2.05, 4.69) is 19.1 Å². The molecule has 1 rings (SSSR count). The van der Waals surface area contributed by atoms with Gasteiger partial charge in [-0.2, -0.15) is 0 Å². The first kappa shape index (κ1) is 11.7. The third kappa shape index (κ3) is 2.86. The van der Waals surface area contributed by atoms with E-state index in [9.17, 15) is 0 Å². The van der Waals surface area contributed by atoms with Gasteiger partial charge in [-0.1, -0.05) is 0 Å². The zero-order valence-electron chi connectivity index (χ0n) is 5.03. The molecule has 0 saturated carbocycles. The molecule has 0 aromatic carbocycles. The molecule has 0 heterocycles. The van der Waals surface area contributed by atoms with E-state index in [-0.39, 0.29) is 9.41 Å². The molecule has 0 fully saturated rings. The van der Waals surface area contributed by atoms with Crippen molar-refractivity contribution in [3.8, 4) is 0 Å². The summed E-state index contributed by atoms with van der Waals surface area (Å²) in [5.41, 5.74) is 1.46. The van der Waals surface area contributed by atoms with E-state index in [4.69, 9.17) is 0 Å². The van der Waals surface area contributed by atoms with Gasteiger partial charge in [0.15, 0.2) is 0 Å². The Bertz CT molecular complexity index is 138. The predicted octanol–water partition coefficient (Wildman–Crippen LogP) is 2.07. The summed E-state index contributed by atoms with van der Waals surface area (Å²) >= 11 is 1.99. The topological polar surface area (TPSA) is 0 Å². The number of allylic oxidation sites excluding steroid dienone is 4. The summed E-state index contributed by atoms with van der Waals surface area (Å²) in [5, 5.41) is 0. The van der Waals surface area contributed by atoms with E-state index in [0.717, 1.165) is 0 Å². The molecule has 0 aromatic heterocycles. The fraction of sp³-hybridized carbons (Fsp3) is 0.333. The molecular formula is C6H9F2Os. The molecule has 0 nitrogen and oxygen atoms in total. The zero-order valence-corrected chi connectivity index (χ0v) is 7.57. The fourth-order valence-corrected chi connectivity index (χ4v) is 1.10. The average Bonchev–Trinajstić information content (AvgIpc) is 1.91. The fourth-order valence-electron chi connectivity index (χ4n) is 0.586. The summed E-state index contributed by atoms with van der Waals surface area (Å²) < 4.78 is 1.54. The monoisotopic (exact) mass is 311 g/mol. The van der Waals surface area contributed by atoms with Crippen LogP contribution in [0.2, 0.25) is 0 Å². The molecule has 0 amide bonds. The van der Waals surface area contributed by atoms with E-state index in [1.165, 1.54) is 12.0 Å². The maximum atomic E-state index is 2.21. The molecule has 0 aliphatic heterocycles. The molecule has 0 aromatic rings. The van der Waals surface area contributed by atoms with Crippen LogP contribution in [0.5, 0.6) is 0 Å². The van der Waals surface area contributed by atoms with Crippen LogP contribution in [0, 0.1) is 0 Å². The molecule has 55 valence electrons. The summed E-state index contributed by atoms with van der Waals surface area (Å²) in [6, 6.07) is 0. The minimum absolute atomic E-state index is 0. The van der Waals surface area contributed by atoms with Gasteiger partial charge in [0.05, 0.1) is 0 Å². The van der Waals surface area contributed by atoms with E-state index in [0.29, 0.717) is 0 Å². The first-order chi connectivity index (χ1) is 3.30. The zero-order chi connectivity index (χ0) is 5.28. The Labute approximate surface area is 63.7 Å². The summed E-state index contributed by atoms with van der Waals surface area (Å²) in [6.07, 6.45) is 5.57. The summed E-state index contributed by atoms with van der Waals surface area (Å²) in [7, 11) is 0. The maximum Gasteiger partial charge on any atom is -0.269 e. The Morgan fingerprint density at radius 1 is 1.44 bits per heavy atom. The SMILES string of the molecule is CC1=[C]([Os])CC=C1.F.F. The van der Waals surface area contributed by atoms with Gasteiger partial charge in [-0.05, 0) is 0 Å². The third-order valence-electron chi connectivity index (χ3n) is 1.08. The number of hydrogen-bond donors (Lipinski definition) is 0. The largest absolute Gasteiger partial charge is 0.269 e. The van der Waals surface area contributed by atoms with Gasteiger partial charge < -0.3 is 0 Å². The Kier molecular flexibility index (Phi) is 6.28. The van der Waals surface area contributed by atoms with Gasteiger partial charge in [0.2, 0.25) is 0 Å². The second kappa shape index (κ2) is 4.82. The quantitative estimate of drug-likeness (QED) is 0.643. The molecule has 9 heavy (non-hydrogen) atoms. The van der Waals surface area contributed by atoms with Crippen molar-refractivity contribution >= 4 is 0 Å². The van der Waals surface area contributed by atoms with Crippen molar-refractivity contribution in [1.29, 1.82) is 0 Å². The minimum atomic E-state index is 0. The number of halogens is 2. The van der Waals surface area contributed by atoms with Crippen LogP contribution in [0.3, 0.4) is 0 Å². The summed E-state index contributed by atoms with van der Waals surface area (Å²) in [4.78, 5) is 0. The van der Waals surface area contributed by atoms with Gasteiger partial charge in [-0.25, -0.2) is 0 Å². The van der Waals surface area contributed by atoms with E-state index in [1.54, 1.807) is 4.13 Å². The minimum Gasteiger partial charge on any atom is -0.269 e. The number of hydrogen-bond acceptors (Lipinski definition) is 0. The van der Waals surface area contributed by atoms with Crippen molar-refractivity contribution in [2.24, 2.45) is 0 Å². The predicted molar refractivity (Wildman–Crippen MR) is 31.5 cm³/mol. The number of rotatable bonds is 0. The molecule has 0 unspecified atom stereocenters. The molecule has 3 heteroatoms. The van der Waals surface area contributed by atoms with Crippen LogP contribution in [0.1, 0.15) is 13.3 Å². The Balaban J connectivity index is 0. The van der Waals surface area contributed by atoms with Crippen LogP contribution >= 0.6 is 0 Å². The molecule has 0 saturated heterocycles. The molecule has 1 aliphatic carbocycles. The maximum absolute atomic E-state index is 2.21. The van der Waals surface area contributed by atoms with Crippen molar-refractivity contribution in [2.75, 3.05) is 0 Å². The van der Waals surface area contributed by atoms with Crippen molar-refractivity contribution in [3.63, 3.8) is 0 Å².